The van der Waals surface area contributed by atoms with Crippen LogP contribution < -0.4 is 16.2 Å². The summed E-state index contributed by atoms with van der Waals surface area (Å²) in [4.78, 5) is 0. The zero-order valence-corrected chi connectivity index (χ0v) is 11.5. The lowest BCUT2D eigenvalue weighted by molar-refractivity contribution is -0.0764. The van der Waals surface area contributed by atoms with Gasteiger partial charge in [-0.25, -0.2) is 0 Å². The average Bonchev–Trinajstić information content (AvgIpc) is 2.32. The van der Waals surface area contributed by atoms with E-state index in [1.807, 2.05) is 6.07 Å². The Balaban J connectivity index is 2.75. The first-order valence-electron chi connectivity index (χ1n) is 5.55. The van der Waals surface area contributed by atoms with E-state index in [1.54, 1.807) is 0 Å². The van der Waals surface area contributed by atoms with Gasteiger partial charge >= 0.3 is 0 Å². The highest BCUT2D eigenvalue weighted by Gasteiger charge is 2.15. The van der Waals surface area contributed by atoms with Crippen molar-refractivity contribution in [1.82, 2.24) is 0 Å². The summed E-state index contributed by atoms with van der Waals surface area (Å²) in [6, 6.07) is 1.82. The highest BCUT2D eigenvalue weighted by atomic mass is 79.9. The third kappa shape index (κ3) is 2.25. The molecule has 0 heterocycles. The standard InChI is InChI=1S/C13H16BrNO2/c1-7-3-4-8-9(5-7)12(15)10(6-11(8)14)13(16)17-2/h4-7,13,16H,3,15H2,1-2H3. The van der Waals surface area contributed by atoms with E-state index in [2.05, 4.69) is 35.0 Å². The molecule has 1 aliphatic rings. The molecule has 3 N–H and O–H groups in total. The van der Waals surface area contributed by atoms with Gasteiger partial charge in [-0.2, -0.15) is 0 Å². The van der Waals surface area contributed by atoms with Gasteiger partial charge in [-0.15, -0.1) is 0 Å². The van der Waals surface area contributed by atoms with Gasteiger partial charge in [-0.1, -0.05) is 35.0 Å². The largest absolute Gasteiger partial charge is 0.398 e. The van der Waals surface area contributed by atoms with E-state index in [0.29, 0.717) is 17.2 Å². The normalized spacial score (nSPS) is 20.1. The molecule has 4 heteroatoms. The van der Waals surface area contributed by atoms with Crippen molar-refractivity contribution in [3.63, 3.8) is 0 Å². The number of hydrogen-bond acceptors (Lipinski definition) is 3. The molecule has 1 aromatic rings. The number of aliphatic hydroxyl groups is 1. The molecular weight excluding hydrogens is 282 g/mol. The number of benzene rings is 1. The van der Waals surface area contributed by atoms with Crippen molar-refractivity contribution in [1.29, 1.82) is 0 Å². The van der Waals surface area contributed by atoms with E-state index in [-0.39, 0.29) is 0 Å². The van der Waals surface area contributed by atoms with Crippen molar-refractivity contribution in [2.45, 2.75) is 19.6 Å². The lowest BCUT2D eigenvalue weighted by Gasteiger charge is -2.16. The maximum atomic E-state index is 9.75. The van der Waals surface area contributed by atoms with Gasteiger partial charge in [0.2, 0.25) is 0 Å². The zero-order valence-electron chi connectivity index (χ0n) is 9.90. The molecule has 2 unspecified atom stereocenters. The summed E-state index contributed by atoms with van der Waals surface area (Å²) in [6.07, 6.45) is 4.34. The molecular formula is C13H16BrNO2. The van der Waals surface area contributed by atoms with Gasteiger partial charge < -0.3 is 15.6 Å². The predicted molar refractivity (Wildman–Crippen MR) is 72.5 cm³/mol. The Morgan fingerprint density at radius 3 is 2.88 bits per heavy atom. The molecule has 0 bridgehead atoms. The topological polar surface area (TPSA) is 55.5 Å². The summed E-state index contributed by atoms with van der Waals surface area (Å²) in [5.74, 6) is 0.464. The van der Waals surface area contributed by atoms with Crippen LogP contribution in [-0.4, -0.2) is 12.2 Å². The number of hydrogen-bond donors (Lipinski definition) is 2. The molecule has 0 spiro atoms. The first kappa shape index (κ1) is 12.6. The fraction of sp³-hybridized carbons (Fsp3) is 0.385. The highest BCUT2D eigenvalue weighted by molar-refractivity contribution is 9.10. The summed E-state index contributed by atoms with van der Waals surface area (Å²) >= 11 is 3.51. The van der Waals surface area contributed by atoms with Crippen molar-refractivity contribution < 1.29 is 9.84 Å². The molecule has 0 saturated heterocycles. The predicted octanol–water partition coefficient (Wildman–Crippen LogP) is 1.27. The SMILES string of the molecule is COC(O)c1cc(Br)c2c(c1N)=CC(C)CC=2. The van der Waals surface area contributed by atoms with E-state index >= 15 is 0 Å². The van der Waals surface area contributed by atoms with E-state index in [1.165, 1.54) is 7.11 Å². The van der Waals surface area contributed by atoms with Crippen LogP contribution in [0, 0.1) is 5.92 Å². The fourth-order valence-corrected chi connectivity index (χ4v) is 2.72. The Morgan fingerprint density at radius 2 is 2.24 bits per heavy atom. The van der Waals surface area contributed by atoms with E-state index < -0.39 is 6.29 Å². The number of nitrogens with two attached hydrogens (primary N) is 1. The van der Waals surface area contributed by atoms with E-state index in [9.17, 15) is 5.11 Å². The van der Waals surface area contributed by atoms with Crippen molar-refractivity contribution in [2.24, 2.45) is 5.92 Å². The molecule has 1 aromatic carbocycles. The van der Waals surface area contributed by atoms with E-state index in [0.717, 1.165) is 21.3 Å². The Kier molecular flexibility index (Phi) is 3.56. The smallest absolute Gasteiger partial charge is 0.182 e. The molecule has 2 atom stereocenters. The van der Waals surface area contributed by atoms with Crippen LogP contribution in [0.5, 0.6) is 0 Å². The van der Waals surface area contributed by atoms with Gasteiger partial charge in [0.25, 0.3) is 0 Å². The Bertz CT molecular complexity index is 554. The van der Waals surface area contributed by atoms with Crippen LogP contribution in [0.1, 0.15) is 25.2 Å². The molecule has 0 saturated carbocycles. The molecule has 17 heavy (non-hydrogen) atoms. The van der Waals surface area contributed by atoms with E-state index in [4.69, 9.17) is 10.5 Å². The number of methoxy groups -OCH3 is 1. The molecule has 0 aromatic heterocycles. The molecule has 0 radical (unpaired) electrons. The van der Waals surface area contributed by atoms with Gasteiger partial charge in [0.05, 0.1) is 0 Å². The van der Waals surface area contributed by atoms with Gasteiger partial charge in [0.1, 0.15) is 0 Å². The average molecular weight is 298 g/mol. The van der Waals surface area contributed by atoms with Crippen molar-refractivity contribution in [3.05, 3.63) is 26.5 Å². The lowest BCUT2D eigenvalue weighted by atomic mass is 9.96. The molecule has 0 aliphatic heterocycles. The maximum Gasteiger partial charge on any atom is 0.182 e. The van der Waals surface area contributed by atoms with Crippen LogP contribution in [0.3, 0.4) is 0 Å². The highest BCUT2D eigenvalue weighted by Crippen LogP contribution is 2.21. The fourth-order valence-electron chi connectivity index (χ4n) is 2.10. The maximum absolute atomic E-state index is 9.75. The summed E-state index contributed by atoms with van der Waals surface area (Å²) in [5.41, 5.74) is 7.31. The molecule has 1 aliphatic carbocycles. The summed E-state index contributed by atoms with van der Waals surface area (Å²) in [5, 5.41) is 11.8. The Hall–Kier alpha value is -0.840. The summed E-state index contributed by atoms with van der Waals surface area (Å²) in [7, 11) is 1.45. The minimum absolute atomic E-state index is 0.464. The molecule has 0 fully saturated rings. The third-order valence-corrected chi connectivity index (χ3v) is 3.72. The van der Waals surface area contributed by atoms with Crippen molar-refractivity contribution in [3.8, 4) is 0 Å². The van der Waals surface area contributed by atoms with Crippen LogP contribution >= 0.6 is 15.9 Å². The quantitative estimate of drug-likeness (QED) is 0.638. The first-order chi connectivity index (χ1) is 8.04. The van der Waals surface area contributed by atoms with Crippen molar-refractivity contribution >= 4 is 33.8 Å². The van der Waals surface area contributed by atoms with Gasteiger partial charge in [-0.3, -0.25) is 0 Å². The lowest BCUT2D eigenvalue weighted by Crippen LogP contribution is -2.34. The van der Waals surface area contributed by atoms with Crippen LogP contribution in [0.4, 0.5) is 5.69 Å². The second-order valence-electron chi connectivity index (χ2n) is 4.36. The zero-order chi connectivity index (χ0) is 12.6. The van der Waals surface area contributed by atoms with Gasteiger partial charge in [-0.05, 0) is 23.6 Å². The van der Waals surface area contributed by atoms with Crippen molar-refractivity contribution in [2.75, 3.05) is 12.8 Å². The minimum Gasteiger partial charge on any atom is -0.398 e. The number of aliphatic hydroxyl groups excluding tert-OH is 1. The summed E-state index contributed by atoms with van der Waals surface area (Å²) < 4.78 is 5.86. The molecule has 92 valence electrons. The molecule has 2 rings (SSSR count). The molecule has 0 amide bonds. The number of ether oxygens (including phenoxy) is 1. The molecule has 3 nitrogen and oxygen atoms in total. The van der Waals surface area contributed by atoms with Gasteiger partial charge in [0.15, 0.2) is 6.29 Å². The van der Waals surface area contributed by atoms with Crippen LogP contribution in [0.25, 0.3) is 12.2 Å². The number of halogens is 1. The summed E-state index contributed by atoms with van der Waals surface area (Å²) in [6.45, 7) is 2.15. The first-order valence-corrected chi connectivity index (χ1v) is 6.34. The van der Waals surface area contributed by atoms with Gasteiger partial charge in [0, 0.05) is 28.1 Å². The van der Waals surface area contributed by atoms with Crippen LogP contribution in [-0.2, 0) is 4.74 Å². The Morgan fingerprint density at radius 1 is 1.53 bits per heavy atom. The third-order valence-electron chi connectivity index (χ3n) is 3.07. The van der Waals surface area contributed by atoms with Crippen LogP contribution in [0.15, 0.2) is 10.5 Å². The second kappa shape index (κ2) is 4.80. The number of anilines is 1. The number of rotatable bonds is 2. The van der Waals surface area contributed by atoms with Crippen LogP contribution in [0.2, 0.25) is 0 Å². The number of nitrogen functional groups attached to an aromatic ring is 1. The Labute approximate surface area is 109 Å². The second-order valence-corrected chi connectivity index (χ2v) is 5.21. The minimum atomic E-state index is -0.984. The monoisotopic (exact) mass is 297 g/mol. The number of fused-ring (bicyclic) bond motifs is 1.